The molecule has 1 unspecified atom stereocenters. The zero-order valence-electron chi connectivity index (χ0n) is 11.3. The third kappa shape index (κ3) is 3.31. The van der Waals surface area contributed by atoms with Gasteiger partial charge in [-0.2, -0.15) is 16.1 Å². The van der Waals surface area contributed by atoms with Gasteiger partial charge >= 0.3 is 0 Å². The summed E-state index contributed by atoms with van der Waals surface area (Å²) in [6.07, 6.45) is 0. The molecule has 0 aliphatic carbocycles. The average molecular weight is 300 g/mol. The van der Waals surface area contributed by atoms with Gasteiger partial charge in [0.1, 0.15) is 0 Å². The molecule has 19 heavy (non-hydrogen) atoms. The predicted molar refractivity (Wildman–Crippen MR) is 79.9 cm³/mol. The molecule has 1 aromatic rings. The minimum atomic E-state index is -3.37. The Hall–Kier alpha value is -0.560. The Morgan fingerprint density at radius 2 is 2.16 bits per heavy atom. The number of thioether (sulfide) groups is 1. The van der Waals surface area contributed by atoms with Crippen LogP contribution in [0.3, 0.4) is 0 Å². The summed E-state index contributed by atoms with van der Waals surface area (Å²) in [7, 11) is -1.55. The molecule has 0 spiro atoms. The minimum Gasteiger partial charge on any atom is -0.316 e. The second kappa shape index (κ2) is 6.26. The van der Waals surface area contributed by atoms with Crippen molar-refractivity contribution in [2.24, 2.45) is 0 Å². The minimum absolute atomic E-state index is 0.361. The zero-order valence-corrected chi connectivity index (χ0v) is 12.9. The molecule has 0 amide bonds. The maximum Gasteiger partial charge on any atom is 0.243 e. The summed E-state index contributed by atoms with van der Waals surface area (Å²) in [5, 5.41) is 3.38. The molecule has 0 bridgehead atoms. The van der Waals surface area contributed by atoms with E-state index in [2.05, 4.69) is 12.2 Å². The van der Waals surface area contributed by atoms with E-state index in [1.165, 1.54) is 0 Å². The summed E-state index contributed by atoms with van der Waals surface area (Å²) >= 11 is 1.83. The van der Waals surface area contributed by atoms with Crippen molar-refractivity contribution in [1.82, 2.24) is 9.62 Å². The SMILES string of the molecule is CNCc1ccccc1S(=O)(=O)N1CCSC(C)C1. The molecule has 0 radical (unpaired) electrons. The molecule has 2 rings (SSSR count). The molecule has 4 nitrogen and oxygen atoms in total. The molecule has 1 heterocycles. The lowest BCUT2D eigenvalue weighted by atomic mass is 10.2. The number of hydrogen-bond acceptors (Lipinski definition) is 4. The topological polar surface area (TPSA) is 49.4 Å². The number of hydrogen-bond donors (Lipinski definition) is 1. The molecule has 1 aromatic carbocycles. The standard InChI is InChI=1S/C13H20N2O2S2/c1-11-10-15(7-8-18-11)19(16,17)13-6-4-3-5-12(13)9-14-2/h3-6,11,14H,7-10H2,1-2H3. The lowest BCUT2D eigenvalue weighted by molar-refractivity contribution is 0.423. The molecule has 0 saturated carbocycles. The lowest BCUT2D eigenvalue weighted by Crippen LogP contribution is -2.41. The largest absolute Gasteiger partial charge is 0.316 e. The first-order valence-corrected chi connectivity index (χ1v) is 8.89. The Labute approximate surface area is 119 Å². The van der Waals surface area contributed by atoms with Gasteiger partial charge in [0.25, 0.3) is 0 Å². The quantitative estimate of drug-likeness (QED) is 0.916. The van der Waals surface area contributed by atoms with Gasteiger partial charge in [-0.25, -0.2) is 8.42 Å². The number of nitrogens with zero attached hydrogens (tertiary/aromatic N) is 1. The Morgan fingerprint density at radius 3 is 2.84 bits per heavy atom. The predicted octanol–water partition coefficient (Wildman–Crippen LogP) is 1.53. The summed E-state index contributed by atoms with van der Waals surface area (Å²) in [4.78, 5) is 0.434. The first-order valence-electron chi connectivity index (χ1n) is 6.40. The molecule has 106 valence electrons. The van der Waals surface area contributed by atoms with E-state index in [9.17, 15) is 8.42 Å². The van der Waals surface area contributed by atoms with Gasteiger partial charge in [-0.05, 0) is 18.7 Å². The van der Waals surface area contributed by atoms with Crippen LogP contribution in [0, 0.1) is 0 Å². The summed E-state index contributed by atoms with van der Waals surface area (Å²) in [6.45, 7) is 3.84. The molecule has 0 aromatic heterocycles. The van der Waals surface area contributed by atoms with Gasteiger partial charge in [0.2, 0.25) is 10.0 Å². The molecule has 6 heteroatoms. The summed E-state index contributed by atoms with van der Waals surface area (Å²) in [6, 6.07) is 7.23. The number of rotatable bonds is 4. The average Bonchev–Trinajstić information content (AvgIpc) is 2.39. The van der Waals surface area contributed by atoms with Gasteiger partial charge in [0.05, 0.1) is 4.90 Å². The van der Waals surface area contributed by atoms with Gasteiger partial charge in [0.15, 0.2) is 0 Å². The Balaban J connectivity index is 2.33. The van der Waals surface area contributed by atoms with E-state index in [1.807, 2.05) is 30.9 Å². The van der Waals surface area contributed by atoms with Crippen LogP contribution in [0.25, 0.3) is 0 Å². The lowest BCUT2D eigenvalue weighted by Gasteiger charge is -2.30. The van der Waals surface area contributed by atoms with Crippen molar-refractivity contribution < 1.29 is 8.42 Å². The highest BCUT2D eigenvalue weighted by Gasteiger charge is 2.30. The summed E-state index contributed by atoms with van der Waals surface area (Å²) in [5.74, 6) is 0.870. The highest BCUT2D eigenvalue weighted by Crippen LogP contribution is 2.26. The van der Waals surface area contributed by atoms with Gasteiger partial charge in [-0.1, -0.05) is 25.1 Å². The van der Waals surface area contributed by atoms with E-state index in [4.69, 9.17) is 0 Å². The highest BCUT2D eigenvalue weighted by molar-refractivity contribution is 8.00. The normalized spacial score (nSPS) is 21.5. The first-order chi connectivity index (χ1) is 9.05. The van der Waals surface area contributed by atoms with Crippen molar-refractivity contribution in [2.45, 2.75) is 23.6 Å². The van der Waals surface area contributed by atoms with Gasteiger partial charge in [-0.15, -0.1) is 0 Å². The smallest absolute Gasteiger partial charge is 0.243 e. The molecule has 1 aliphatic rings. The Morgan fingerprint density at radius 1 is 1.42 bits per heavy atom. The van der Waals surface area contributed by atoms with E-state index in [-0.39, 0.29) is 0 Å². The third-order valence-electron chi connectivity index (χ3n) is 3.16. The fourth-order valence-corrected chi connectivity index (χ4v) is 5.21. The van der Waals surface area contributed by atoms with Crippen LogP contribution in [0.4, 0.5) is 0 Å². The van der Waals surface area contributed by atoms with Crippen LogP contribution in [-0.2, 0) is 16.6 Å². The third-order valence-corrected chi connectivity index (χ3v) is 6.26. The molecule has 1 N–H and O–H groups in total. The van der Waals surface area contributed by atoms with Crippen LogP contribution in [0.5, 0.6) is 0 Å². The highest BCUT2D eigenvalue weighted by atomic mass is 32.2. The molecule has 1 saturated heterocycles. The molecule has 1 atom stereocenters. The van der Waals surface area contributed by atoms with E-state index >= 15 is 0 Å². The van der Waals surface area contributed by atoms with Crippen LogP contribution in [0.15, 0.2) is 29.2 Å². The van der Waals surface area contributed by atoms with Crippen LogP contribution in [0.2, 0.25) is 0 Å². The van der Waals surface area contributed by atoms with Crippen molar-refractivity contribution in [3.63, 3.8) is 0 Å². The van der Waals surface area contributed by atoms with Crippen LogP contribution < -0.4 is 5.32 Å². The molecule has 1 fully saturated rings. The first kappa shape index (κ1) is 14.8. The van der Waals surface area contributed by atoms with E-state index in [0.717, 1.165) is 11.3 Å². The van der Waals surface area contributed by atoms with Crippen molar-refractivity contribution in [3.8, 4) is 0 Å². The summed E-state index contributed by atoms with van der Waals surface area (Å²) < 4.78 is 27.0. The number of nitrogens with one attached hydrogen (secondary N) is 1. The monoisotopic (exact) mass is 300 g/mol. The van der Waals surface area contributed by atoms with Crippen LogP contribution in [-0.4, -0.2) is 43.9 Å². The maximum atomic E-state index is 12.7. The Bertz CT molecular complexity index is 531. The maximum absolute atomic E-state index is 12.7. The van der Waals surface area contributed by atoms with Crippen molar-refractivity contribution in [1.29, 1.82) is 0 Å². The van der Waals surface area contributed by atoms with Crippen LogP contribution in [0.1, 0.15) is 12.5 Å². The fourth-order valence-electron chi connectivity index (χ4n) is 2.24. The van der Waals surface area contributed by atoms with E-state index in [0.29, 0.717) is 29.8 Å². The number of benzene rings is 1. The Kier molecular flexibility index (Phi) is 4.89. The molecular formula is C13H20N2O2S2. The summed E-state index contributed by atoms with van der Waals surface area (Å²) in [5.41, 5.74) is 0.830. The molecule has 1 aliphatic heterocycles. The van der Waals surface area contributed by atoms with E-state index < -0.39 is 10.0 Å². The molecular weight excluding hydrogens is 280 g/mol. The van der Waals surface area contributed by atoms with Crippen LogP contribution >= 0.6 is 11.8 Å². The van der Waals surface area contributed by atoms with Gasteiger partial charge in [-0.3, -0.25) is 0 Å². The number of sulfonamides is 1. The second-order valence-corrected chi connectivity index (χ2v) is 8.14. The van der Waals surface area contributed by atoms with E-state index in [1.54, 1.807) is 16.4 Å². The van der Waals surface area contributed by atoms with Gasteiger partial charge < -0.3 is 5.32 Å². The van der Waals surface area contributed by atoms with Crippen molar-refractivity contribution in [2.75, 3.05) is 25.9 Å². The van der Waals surface area contributed by atoms with Crippen molar-refractivity contribution in [3.05, 3.63) is 29.8 Å². The second-order valence-electron chi connectivity index (χ2n) is 4.68. The zero-order chi connectivity index (χ0) is 13.9. The van der Waals surface area contributed by atoms with Crippen molar-refractivity contribution >= 4 is 21.8 Å². The van der Waals surface area contributed by atoms with Gasteiger partial charge in [0, 0.05) is 30.6 Å². The fraction of sp³-hybridized carbons (Fsp3) is 0.538.